The molecule has 1 rings (SSSR count). The molecule has 0 aliphatic carbocycles. The van der Waals surface area contributed by atoms with Gasteiger partial charge in [0.25, 0.3) is 0 Å². The van der Waals surface area contributed by atoms with Crippen molar-refractivity contribution in [2.75, 3.05) is 25.6 Å². The first-order valence-electron chi connectivity index (χ1n) is 6.15. The number of ether oxygens (including phenoxy) is 1. The maximum Gasteiger partial charge on any atom is 0.313 e. The van der Waals surface area contributed by atoms with Crippen molar-refractivity contribution in [2.45, 2.75) is 27.7 Å². The van der Waals surface area contributed by atoms with Gasteiger partial charge >= 0.3 is 5.97 Å². The molecular formula is C15H23NO2. The third-order valence-electron chi connectivity index (χ3n) is 3.30. The first-order chi connectivity index (χ1) is 8.27. The fourth-order valence-corrected chi connectivity index (χ4v) is 1.99. The summed E-state index contributed by atoms with van der Waals surface area (Å²) in [5.74, 6) is -0.182. The number of hydrogen-bond donors (Lipinski definition) is 0. The van der Waals surface area contributed by atoms with E-state index in [1.807, 2.05) is 20.9 Å². The molecule has 0 radical (unpaired) electrons. The lowest BCUT2D eigenvalue weighted by Gasteiger charge is -2.29. The fraction of sp³-hybridized carbons (Fsp3) is 0.533. The van der Waals surface area contributed by atoms with Crippen LogP contribution in [0.25, 0.3) is 0 Å². The number of nitrogens with zero attached hydrogens (tertiary/aromatic N) is 1. The average Bonchev–Trinajstić information content (AvgIpc) is 2.30. The molecule has 0 aliphatic rings. The van der Waals surface area contributed by atoms with Gasteiger partial charge in [0.15, 0.2) is 0 Å². The van der Waals surface area contributed by atoms with Gasteiger partial charge in [0.2, 0.25) is 0 Å². The zero-order valence-corrected chi connectivity index (χ0v) is 12.2. The lowest BCUT2D eigenvalue weighted by Crippen LogP contribution is -2.38. The molecule has 1 aromatic rings. The summed E-state index contributed by atoms with van der Waals surface area (Å²) < 4.78 is 4.83. The van der Waals surface area contributed by atoms with Gasteiger partial charge in [0.05, 0.1) is 12.5 Å². The van der Waals surface area contributed by atoms with Crippen LogP contribution in [0, 0.1) is 19.3 Å². The molecule has 100 valence electrons. The normalized spacial score (nSPS) is 11.2. The molecule has 0 heterocycles. The molecule has 3 heteroatoms. The molecule has 0 aliphatic heterocycles. The molecule has 1 aromatic carbocycles. The minimum Gasteiger partial charge on any atom is -0.469 e. The van der Waals surface area contributed by atoms with E-state index in [0.717, 1.165) is 5.69 Å². The Hall–Kier alpha value is -1.51. The summed E-state index contributed by atoms with van der Waals surface area (Å²) in [5, 5.41) is 0. The highest BCUT2D eigenvalue weighted by Crippen LogP contribution is 2.24. The summed E-state index contributed by atoms with van der Waals surface area (Å²) in [6.07, 6.45) is 0. The Labute approximate surface area is 110 Å². The first-order valence-corrected chi connectivity index (χ1v) is 6.15. The quantitative estimate of drug-likeness (QED) is 0.768. The maximum atomic E-state index is 11.7. The molecule has 0 unspecified atom stereocenters. The second kappa shape index (κ2) is 5.42. The number of carbonyl (C=O) groups excluding carboxylic acids is 1. The SMILES string of the molecule is COC(=O)C(C)(C)CN(C)c1ccc(C)c(C)c1. The summed E-state index contributed by atoms with van der Waals surface area (Å²) in [5.41, 5.74) is 3.15. The summed E-state index contributed by atoms with van der Waals surface area (Å²) in [4.78, 5) is 13.8. The van der Waals surface area contributed by atoms with Gasteiger partial charge in [-0.05, 0) is 51.0 Å². The minimum absolute atomic E-state index is 0.182. The molecule has 0 aromatic heterocycles. The van der Waals surface area contributed by atoms with E-state index >= 15 is 0 Å². The minimum atomic E-state index is -0.512. The van der Waals surface area contributed by atoms with Crippen molar-refractivity contribution in [1.82, 2.24) is 0 Å². The van der Waals surface area contributed by atoms with Gasteiger partial charge < -0.3 is 9.64 Å². The molecular weight excluding hydrogens is 226 g/mol. The van der Waals surface area contributed by atoms with E-state index < -0.39 is 5.41 Å². The smallest absolute Gasteiger partial charge is 0.313 e. The van der Waals surface area contributed by atoms with Gasteiger partial charge in [-0.3, -0.25) is 4.79 Å². The van der Waals surface area contributed by atoms with Gasteiger partial charge in [-0.25, -0.2) is 0 Å². The summed E-state index contributed by atoms with van der Waals surface area (Å²) >= 11 is 0. The molecule has 0 spiro atoms. The van der Waals surface area contributed by atoms with Crippen LogP contribution in [-0.4, -0.2) is 26.7 Å². The number of hydrogen-bond acceptors (Lipinski definition) is 3. The standard InChI is InChI=1S/C15H23NO2/c1-11-7-8-13(9-12(11)2)16(5)10-15(3,4)14(17)18-6/h7-9H,10H2,1-6H3. The van der Waals surface area contributed by atoms with E-state index in [4.69, 9.17) is 4.74 Å². The van der Waals surface area contributed by atoms with E-state index in [1.54, 1.807) is 0 Å². The second-order valence-electron chi connectivity index (χ2n) is 5.50. The van der Waals surface area contributed by atoms with Crippen LogP contribution in [-0.2, 0) is 9.53 Å². The van der Waals surface area contributed by atoms with Crippen molar-refractivity contribution in [2.24, 2.45) is 5.41 Å². The Morgan fingerprint density at radius 1 is 1.28 bits per heavy atom. The summed E-state index contributed by atoms with van der Waals surface area (Å²) in [6, 6.07) is 6.32. The highest BCUT2D eigenvalue weighted by Gasteiger charge is 2.30. The average molecular weight is 249 g/mol. The lowest BCUT2D eigenvalue weighted by atomic mass is 9.93. The van der Waals surface area contributed by atoms with Crippen LogP contribution in [0.5, 0.6) is 0 Å². The highest BCUT2D eigenvalue weighted by atomic mass is 16.5. The Bertz CT molecular complexity index is 438. The van der Waals surface area contributed by atoms with Gasteiger partial charge in [0, 0.05) is 19.3 Å². The molecule has 3 nitrogen and oxygen atoms in total. The number of esters is 1. The molecule has 0 saturated carbocycles. The van der Waals surface area contributed by atoms with Crippen LogP contribution in [0.15, 0.2) is 18.2 Å². The Morgan fingerprint density at radius 3 is 2.39 bits per heavy atom. The van der Waals surface area contributed by atoms with Gasteiger partial charge in [-0.1, -0.05) is 6.07 Å². The zero-order chi connectivity index (χ0) is 13.9. The van der Waals surface area contributed by atoms with Crippen molar-refractivity contribution < 1.29 is 9.53 Å². The van der Waals surface area contributed by atoms with E-state index in [2.05, 4.69) is 36.9 Å². The van der Waals surface area contributed by atoms with Crippen molar-refractivity contribution in [3.8, 4) is 0 Å². The third kappa shape index (κ3) is 3.25. The largest absolute Gasteiger partial charge is 0.469 e. The van der Waals surface area contributed by atoms with Gasteiger partial charge in [-0.15, -0.1) is 0 Å². The van der Waals surface area contributed by atoms with Gasteiger partial charge in [-0.2, -0.15) is 0 Å². The van der Waals surface area contributed by atoms with E-state index in [9.17, 15) is 4.79 Å². The summed E-state index contributed by atoms with van der Waals surface area (Å²) in [6.45, 7) is 8.62. The van der Waals surface area contributed by atoms with Crippen molar-refractivity contribution in [3.63, 3.8) is 0 Å². The van der Waals surface area contributed by atoms with Crippen molar-refractivity contribution in [1.29, 1.82) is 0 Å². The zero-order valence-electron chi connectivity index (χ0n) is 12.2. The predicted octanol–water partition coefficient (Wildman–Crippen LogP) is 2.94. The molecule has 0 fully saturated rings. The van der Waals surface area contributed by atoms with Crippen LogP contribution < -0.4 is 4.90 Å². The molecule has 0 saturated heterocycles. The van der Waals surface area contributed by atoms with Crippen molar-refractivity contribution in [3.05, 3.63) is 29.3 Å². The topological polar surface area (TPSA) is 29.5 Å². The second-order valence-corrected chi connectivity index (χ2v) is 5.50. The van der Waals surface area contributed by atoms with Crippen LogP contribution >= 0.6 is 0 Å². The fourth-order valence-electron chi connectivity index (χ4n) is 1.99. The lowest BCUT2D eigenvalue weighted by molar-refractivity contribution is -0.150. The molecule has 0 atom stereocenters. The van der Waals surface area contributed by atoms with Crippen LogP contribution in [0.3, 0.4) is 0 Å². The molecule has 0 N–H and O–H groups in total. The Balaban J connectivity index is 2.85. The molecule has 0 amide bonds. The van der Waals surface area contributed by atoms with E-state index in [0.29, 0.717) is 6.54 Å². The monoisotopic (exact) mass is 249 g/mol. The first kappa shape index (κ1) is 14.6. The van der Waals surface area contributed by atoms with E-state index in [-0.39, 0.29) is 5.97 Å². The van der Waals surface area contributed by atoms with Crippen LogP contribution in [0.1, 0.15) is 25.0 Å². The molecule has 18 heavy (non-hydrogen) atoms. The third-order valence-corrected chi connectivity index (χ3v) is 3.30. The van der Waals surface area contributed by atoms with Crippen molar-refractivity contribution >= 4 is 11.7 Å². The summed E-state index contributed by atoms with van der Waals surface area (Å²) in [7, 11) is 3.43. The Kier molecular flexibility index (Phi) is 4.38. The van der Waals surface area contributed by atoms with Gasteiger partial charge in [0.1, 0.15) is 0 Å². The van der Waals surface area contributed by atoms with Crippen LogP contribution in [0.2, 0.25) is 0 Å². The predicted molar refractivity (Wildman–Crippen MR) is 75.0 cm³/mol. The number of anilines is 1. The number of benzene rings is 1. The van der Waals surface area contributed by atoms with Crippen LogP contribution in [0.4, 0.5) is 5.69 Å². The number of carbonyl (C=O) groups is 1. The molecule has 0 bridgehead atoms. The number of methoxy groups -OCH3 is 1. The number of aryl methyl sites for hydroxylation is 2. The van der Waals surface area contributed by atoms with E-state index in [1.165, 1.54) is 18.2 Å². The Morgan fingerprint density at radius 2 is 1.89 bits per heavy atom. The maximum absolute atomic E-state index is 11.7. The highest BCUT2D eigenvalue weighted by molar-refractivity contribution is 5.76. The number of rotatable bonds is 4.